The van der Waals surface area contributed by atoms with Crippen LogP contribution in [-0.4, -0.2) is 106 Å². The van der Waals surface area contributed by atoms with Gasteiger partial charge in [0.25, 0.3) is 5.91 Å². The lowest BCUT2D eigenvalue weighted by Crippen LogP contribution is -2.55. The summed E-state index contributed by atoms with van der Waals surface area (Å²) in [5, 5.41) is 18.3. The Balaban J connectivity index is 0.000000698. The third-order valence-corrected chi connectivity index (χ3v) is 9.46. The van der Waals surface area contributed by atoms with E-state index in [1.54, 1.807) is 6.20 Å². The molecule has 1 aromatic carbocycles. The standard InChI is InChI=1S/C30H40BrN9O2.C2HF3O2/c1-37-15-17-39(18-16-37)30(42)24-11-13-38(14-12-24)21-22-7-9-23(10-8-22)29(41)35-36-40(25-5-3-2-4-6-25)28-26(31)20-33-27(19-32)34-28;3-2(4,5)1(6)7/h7-10,20,24-25,36H,2-6,11-18,21H2,1H3,(H,35,41);(H,6,7). The van der Waals surface area contributed by atoms with Gasteiger partial charge in [0.2, 0.25) is 11.7 Å². The number of rotatable bonds is 8. The van der Waals surface area contributed by atoms with Crippen molar-refractivity contribution in [1.29, 1.82) is 5.26 Å². The van der Waals surface area contributed by atoms with Crippen LogP contribution in [0.5, 0.6) is 0 Å². The SMILES string of the molecule is CN1CCN(C(=O)C2CCN(Cc3ccc(C(=O)NNN(c4nc(C#N)ncc4Br)C4CCCCC4)cc3)CC2)CC1.O=C(O)C(F)(F)F. The Hall–Kier alpha value is -3.85. The topological polar surface area (TPSA) is 158 Å². The molecule has 17 heteroatoms. The Kier molecular flexibility index (Phi) is 13.7. The van der Waals surface area contributed by atoms with E-state index in [0.717, 1.165) is 89.9 Å². The minimum Gasteiger partial charge on any atom is -0.475 e. The Labute approximate surface area is 291 Å². The molecule has 13 nitrogen and oxygen atoms in total. The summed E-state index contributed by atoms with van der Waals surface area (Å²) in [5.74, 6) is -1.96. The number of likely N-dealkylation sites (tertiary alicyclic amines) is 1. The number of aliphatic carboxylic acids is 1. The van der Waals surface area contributed by atoms with Crippen molar-refractivity contribution in [3.8, 4) is 6.07 Å². The maximum atomic E-state index is 13.1. The second-order valence-corrected chi connectivity index (χ2v) is 13.2. The molecule has 0 atom stereocenters. The van der Waals surface area contributed by atoms with Crippen LogP contribution in [0.3, 0.4) is 0 Å². The summed E-state index contributed by atoms with van der Waals surface area (Å²) >= 11 is 3.50. The fourth-order valence-corrected chi connectivity index (χ4v) is 6.45. The average molecular weight is 753 g/mol. The third-order valence-electron chi connectivity index (χ3n) is 8.90. The molecule has 2 saturated heterocycles. The fraction of sp³-hybridized carbons (Fsp3) is 0.562. The number of benzene rings is 1. The van der Waals surface area contributed by atoms with Gasteiger partial charge in [-0.1, -0.05) is 31.4 Å². The number of carbonyl (C=O) groups excluding carboxylic acids is 2. The largest absolute Gasteiger partial charge is 0.490 e. The van der Waals surface area contributed by atoms with E-state index >= 15 is 0 Å². The lowest BCUT2D eigenvalue weighted by molar-refractivity contribution is -0.192. The number of alkyl halides is 3. The number of hydrogen-bond donors (Lipinski definition) is 3. The van der Waals surface area contributed by atoms with Gasteiger partial charge >= 0.3 is 12.1 Å². The van der Waals surface area contributed by atoms with E-state index in [2.05, 4.69) is 53.7 Å². The minimum absolute atomic E-state index is 0.0728. The summed E-state index contributed by atoms with van der Waals surface area (Å²) in [6.07, 6.45) is 3.55. The Morgan fingerprint density at radius 3 is 2.20 bits per heavy atom. The minimum atomic E-state index is -5.08. The van der Waals surface area contributed by atoms with E-state index in [1.807, 2.05) is 40.2 Å². The molecule has 266 valence electrons. The molecule has 0 unspecified atom stereocenters. The number of carboxylic acid groups (broad SMARTS) is 1. The number of hydrazine groups is 2. The molecule has 5 rings (SSSR count). The number of nitriles is 1. The van der Waals surface area contributed by atoms with Crippen molar-refractivity contribution in [1.82, 2.24) is 35.6 Å². The van der Waals surface area contributed by atoms with Gasteiger partial charge in [-0.25, -0.2) is 9.78 Å². The van der Waals surface area contributed by atoms with Crippen molar-refractivity contribution in [2.75, 3.05) is 51.3 Å². The normalized spacial score (nSPS) is 18.2. The number of carboxylic acids is 1. The van der Waals surface area contributed by atoms with E-state index in [1.165, 1.54) is 6.42 Å². The van der Waals surface area contributed by atoms with E-state index in [-0.39, 0.29) is 23.7 Å². The number of aromatic nitrogens is 2. The molecule has 1 saturated carbocycles. The average Bonchev–Trinajstić information content (AvgIpc) is 3.10. The second kappa shape index (κ2) is 17.7. The summed E-state index contributed by atoms with van der Waals surface area (Å²) in [4.78, 5) is 50.1. The molecular weight excluding hydrogens is 711 g/mol. The number of amides is 2. The molecule has 0 bridgehead atoms. The number of piperidine rings is 1. The first kappa shape index (κ1) is 38.0. The molecule has 0 radical (unpaired) electrons. The van der Waals surface area contributed by atoms with Crippen molar-refractivity contribution in [3.05, 3.63) is 51.9 Å². The summed E-state index contributed by atoms with van der Waals surface area (Å²) < 4.78 is 32.4. The first-order chi connectivity index (χ1) is 23.3. The van der Waals surface area contributed by atoms with Crippen molar-refractivity contribution in [2.24, 2.45) is 5.92 Å². The number of likely N-dealkylation sites (N-methyl/N-ethyl adjacent to an activating group) is 1. The number of nitrogens with one attached hydrogen (secondary N) is 2. The van der Waals surface area contributed by atoms with Crippen LogP contribution in [0, 0.1) is 17.2 Å². The summed E-state index contributed by atoms with van der Waals surface area (Å²) in [6, 6.07) is 9.79. The maximum absolute atomic E-state index is 13.1. The molecule has 2 aromatic rings. The number of nitrogens with zero attached hydrogens (tertiary/aromatic N) is 7. The highest BCUT2D eigenvalue weighted by Crippen LogP contribution is 2.29. The fourth-order valence-electron chi connectivity index (χ4n) is 6.06. The lowest BCUT2D eigenvalue weighted by Gasteiger charge is -2.37. The molecule has 3 heterocycles. The van der Waals surface area contributed by atoms with Gasteiger partial charge in [0.15, 0.2) is 5.82 Å². The zero-order valence-electron chi connectivity index (χ0n) is 27.3. The highest BCUT2D eigenvalue weighted by atomic mass is 79.9. The number of halogens is 4. The third kappa shape index (κ3) is 11.1. The van der Waals surface area contributed by atoms with Crippen LogP contribution in [0.1, 0.15) is 66.7 Å². The number of hydrogen-bond acceptors (Lipinski definition) is 10. The number of anilines is 1. The van der Waals surface area contributed by atoms with Gasteiger partial charge in [0, 0.05) is 56.4 Å². The molecule has 3 fully saturated rings. The van der Waals surface area contributed by atoms with Gasteiger partial charge in [0.1, 0.15) is 6.07 Å². The van der Waals surface area contributed by atoms with Gasteiger partial charge in [-0.3, -0.25) is 24.9 Å². The van der Waals surface area contributed by atoms with Gasteiger partial charge in [-0.2, -0.15) is 23.4 Å². The number of carbonyl (C=O) groups is 3. The van der Waals surface area contributed by atoms with E-state index in [9.17, 15) is 28.0 Å². The summed E-state index contributed by atoms with van der Waals surface area (Å²) in [7, 11) is 2.11. The molecule has 2 aliphatic heterocycles. The molecule has 2 amide bonds. The maximum Gasteiger partial charge on any atom is 0.490 e. The van der Waals surface area contributed by atoms with Crippen LogP contribution in [0.15, 0.2) is 34.9 Å². The van der Waals surface area contributed by atoms with E-state index in [0.29, 0.717) is 21.8 Å². The van der Waals surface area contributed by atoms with Crippen LogP contribution < -0.4 is 16.0 Å². The van der Waals surface area contributed by atoms with Gasteiger partial charge < -0.3 is 14.9 Å². The zero-order chi connectivity index (χ0) is 35.6. The monoisotopic (exact) mass is 751 g/mol. The molecule has 1 aromatic heterocycles. The summed E-state index contributed by atoms with van der Waals surface area (Å²) in [6.45, 7) is 6.19. The van der Waals surface area contributed by atoms with E-state index < -0.39 is 12.1 Å². The Morgan fingerprint density at radius 2 is 1.63 bits per heavy atom. The van der Waals surface area contributed by atoms with Crippen LogP contribution in [0.4, 0.5) is 19.0 Å². The number of piperazine rings is 1. The molecule has 1 aliphatic carbocycles. The molecule has 3 aliphatic rings. The predicted molar refractivity (Wildman–Crippen MR) is 177 cm³/mol. The predicted octanol–water partition coefficient (Wildman–Crippen LogP) is 3.72. The first-order valence-corrected chi connectivity index (χ1v) is 17.0. The van der Waals surface area contributed by atoms with Gasteiger partial charge in [0.05, 0.1) is 4.47 Å². The van der Waals surface area contributed by atoms with Gasteiger partial charge in [-0.05, 0) is 79.4 Å². The molecule has 3 N–H and O–H groups in total. The molecule has 49 heavy (non-hydrogen) atoms. The molecular formula is C32H41BrF3N9O4. The Morgan fingerprint density at radius 1 is 1.02 bits per heavy atom. The highest BCUT2D eigenvalue weighted by Gasteiger charge is 2.38. The van der Waals surface area contributed by atoms with E-state index in [4.69, 9.17) is 9.90 Å². The zero-order valence-corrected chi connectivity index (χ0v) is 28.8. The van der Waals surface area contributed by atoms with Crippen molar-refractivity contribution < 1.29 is 32.7 Å². The van der Waals surface area contributed by atoms with Crippen molar-refractivity contribution in [3.63, 3.8) is 0 Å². The second-order valence-electron chi connectivity index (χ2n) is 12.4. The quantitative estimate of drug-likeness (QED) is 0.338. The van der Waals surface area contributed by atoms with Crippen LogP contribution in [-0.2, 0) is 16.1 Å². The lowest BCUT2D eigenvalue weighted by atomic mass is 9.94. The first-order valence-electron chi connectivity index (χ1n) is 16.2. The van der Waals surface area contributed by atoms with Crippen LogP contribution in [0.25, 0.3) is 0 Å². The Bertz CT molecular complexity index is 1470. The smallest absolute Gasteiger partial charge is 0.475 e. The van der Waals surface area contributed by atoms with Crippen molar-refractivity contribution in [2.45, 2.75) is 63.7 Å². The molecule has 0 spiro atoms. The highest BCUT2D eigenvalue weighted by molar-refractivity contribution is 9.10. The summed E-state index contributed by atoms with van der Waals surface area (Å²) in [5.41, 5.74) is 7.59. The van der Waals surface area contributed by atoms with Gasteiger partial charge in [-0.15, -0.1) is 5.53 Å². The van der Waals surface area contributed by atoms with Crippen LogP contribution in [0.2, 0.25) is 0 Å². The van der Waals surface area contributed by atoms with Crippen molar-refractivity contribution >= 4 is 39.5 Å². The van der Waals surface area contributed by atoms with Crippen LogP contribution >= 0.6 is 15.9 Å².